The zero-order chi connectivity index (χ0) is 16.6. The number of fused-ring (bicyclic) bond motifs is 1. The molecule has 2 atom stereocenters. The predicted molar refractivity (Wildman–Crippen MR) is 80.2 cm³/mol. The van der Waals surface area contributed by atoms with Gasteiger partial charge in [0.25, 0.3) is 5.91 Å². The minimum atomic E-state index is -0.868. The average molecular weight is 321 g/mol. The number of carboxylic acids is 1. The number of aliphatic carboxylic acids is 1. The van der Waals surface area contributed by atoms with Gasteiger partial charge in [-0.15, -0.1) is 0 Å². The third-order valence-corrected chi connectivity index (χ3v) is 4.29. The number of hydrogen-bond acceptors (Lipinski definition) is 5. The van der Waals surface area contributed by atoms with E-state index in [4.69, 9.17) is 14.2 Å². The maximum atomic E-state index is 12.7. The molecular formula is C16H19NO6. The summed E-state index contributed by atoms with van der Waals surface area (Å²) in [6.07, 6.45) is 0. The van der Waals surface area contributed by atoms with Crippen LogP contribution in [-0.4, -0.2) is 55.3 Å². The smallest absolute Gasteiger partial charge is 0.308 e. The average Bonchev–Trinajstić information content (AvgIpc) is 2.95. The molecule has 1 aromatic carbocycles. The number of likely N-dealkylation sites (tertiary alicyclic amines) is 1. The van der Waals surface area contributed by atoms with Crippen LogP contribution in [-0.2, 0) is 4.79 Å². The van der Waals surface area contributed by atoms with E-state index in [1.54, 1.807) is 17.0 Å². The van der Waals surface area contributed by atoms with E-state index in [-0.39, 0.29) is 18.4 Å². The summed E-state index contributed by atoms with van der Waals surface area (Å²) in [5, 5.41) is 9.20. The highest BCUT2D eigenvalue weighted by Gasteiger charge is 2.37. The van der Waals surface area contributed by atoms with Gasteiger partial charge in [0.2, 0.25) is 5.75 Å². The fourth-order valence-electron chi connectivity index (χ4n) is 3.03. The standard InChI is InChI=1S/C16H19NO6/c1-9-7-17(8-11(9)16(19)20)15(18)10-5-12(21-2)14-13(6-10)22-3-4-23-14/h5-6,9,11H,3-4,7-8H2,1-2H3,(H,19,20)/t9-,11-/m1/s1. The lowest BCUT2D eigenvalue weighted by molar-refractivity contribution is -0.142. The molecule has 2 aliphatic heterocycles. The van der Waals surface area contributed by atoms with Crippen LogP contribution in [0, 0.1) is 11.8 Å². The van der Waals surface area contributed by atoms with Gasteiger partial charge in [0, 0.05) is 18.7 Å². The highest BCUT2D eigenvalue weighted by molar-refractivity contribution is 5.96. The van der Waals surface area contributed by atoms with Crippen molar-refractivity contribution < 1.29 is 28.9 Å². The van der Waals surface area contributed by atoms with Crippen LogP contribution in [0.1, 0.15) is 17.3 Å². The van der Waals surface area contributed by atoms with Crippen LogP contribution in [0.5, 0.6) is 17.2 Å². The van der Waals surface area contributed by atoms with E-state index in [1.165, 1.54) is 7.11 Å². The fourth-order valence-corrected chi connectivity index (χ4v) is 3.03. The van der Waals surface area contributed by atoms with Crippen LogP contribution in [0.25, 0.3) is 0 Å². The molecule has 1 aromatic rings. The molecule has 0 aliphatic carbocycles. The summed E-state index contributed by atoms with van der Waals surface area (Å²) in [5.74, 6) is -0.292. The van der Waals surface area contributed by atoms with Crippen LogP contribution in [0.3, 0.4) is 0 Å². The van der Waals surface area contributed by atoms with Gasteiger partial charge in [-0.25, -0.2) is 0 Å². The minimum Gasteiger partial charge on any atom is -0.493 e. The highest BCUT2D eigenvalue weighted by Crippen LogP contribution is 2.41. The number of amides is 1. The van der Waals surface area contributed by atoms with Crippen molar-refractivity contribution in [2.45, 2.75) is 6.92 Å². The van der Waals surface area contributed by atoms with Crippen LogP contribution in [0.2, 0.25) is 0 Å². The van der Waals surface area contributed by atoms with Gasteiger partial charge in [-0.2, -0.15) is 0 Å². The summed E-state index contributed by atoms with van der Waals surface area (Å²) < 4.78 is 16.3. The zero-order valence-electron chi connectivity index (χ0n) is 13.1. The maximum Gasteiger partial charge on any atom is 0.308 e. The molecule has 0 spiro atoms. The number of carbonyl (C=O) groups excluding carboxylic acids is 1. The van der Waals surface area contributed by atoms with Gasteiger partial charge >= 0.3 is 5.97 Å². The normalized spacial score (nSPS) is 22.8. The summed E-state index contributed by atoms with van der Waals surface area (Å²) in [4.78, 5) is 25.5. The van der Waals surface area contributed by atoms with Crippen LogP contribution < -0.4 is 14.2 Å². The summed E-state index contributed by atoms with van der Waals surface area (Å²) in [6, 6.07) is 3.23. The SMILES string of the molecule is COc1cc(C(=O)N2C[C@@H](C)[C@H](C(=O)O)C2)cc2c1OCCO2. The molecule has 0 radical (unpaired) electrons. The number of carboxylic acid groups (broad SMARTS) is 1. The van der Waals surface area contributed by atoms with Gasteiger partial charge in [-0.3, -0.25) is 9.59 Å². The molecule has 3 rings (SSSR count). The lowest BCUT2D eigenvalue weighted by Crippen LogP contribution is -2.30. The summed E-state index contributed by atoms with van der Waals surface area (Å²) in [6.45, 7) is 3.32. The molecule has 0 bridgehead atoms. The van der Waals surface area contributed by atoms with E-state index in [0.29, 0.717) is 42.6 Å². The first-order chi connectivity index (χ1) is 11.0. The molecule has 1 N–H and O–H groups in total. The molecule has 0 saturated carbocycles. The number of methoxy groups -OCH3 is 1. The van der Waals surface area contributed by atoms with Crippen molar-refractivity contribution in [3.63, 3.8) is 0 Å². The fraction of sp³-hybridized carbons (Fsp3) is 0.500. The Labute approximate surface area is 133 Å². The molecule has 2 heterocycles. The highest BCUT2D eigenvalue weighted by atomic mass is 16.6. The first kappa shape index (κ1) is 15.5. The molecular weight excluding hydrogens is 302 g/mol. The maximum absolute atomic E-state index is 12.7. The Balaban J connectivity index is 1.87. The summed E-state index contributed by atoms with van der Waals surface area (Å²) in [7, 11) is 1.50. The Hall–Kier alpha value is -2.44. The topological polar surface area (TPSA) is 85.3 Å². The van der Waals surface area contributed by atoms with Gasteiger partial charge in [0.15, 0.2) is 11.5 Å². The number of hydrogen-bond donors (Lipinski definition) is 1. The van der Waals surface area contributed by atoms with E-state index in [9.17, 15) is 14.7 Å². The lowest BCUT2D eigenvalue weighted by atomic mass is 9.99. The van der Waals surface area contributed by atoms with Gasteiger partial charge in [0.1, 0.15) is 13.2 Å². The second kappa shape index (κ2) is 5.98. The lowest BCUT2D eigenvalue weighted by Gasteiger charge is -2.22. The first-order valence-corrected chi connectivity index (χ1v) is 7.51. The van der Waals surface area contributed by atoms with Crippen molar-refractivity contribution in [1.82, 2.24) is 4.90 Å². The Morgan fingerprint density at radius 2 is 2.00 bits per heavy atom. The Bertz CT molecular complexity index is 626. The Kier molecular flexibility index (Phi) is 4.02. The molecule has 0 unspecified atom stereocenters. The van der Waals surface area contributed by atoms with E-state index < -0.39 is 11.9 Å². The molecule has 1 saturated heterocycles. The third kappa shape index (κ3) is 2.78. The number of benzene rings is 1. The van der Waals surface area contributed by atoms with Crippen molar-refractivity contribution in [3.05, 3.63) is 17.7 Å². The number of nitrogens with zero attached hydrogens (tertiary/aromatic N) is 1. The zero-order valence-corrected chi connectivity index (χ0v) is 13.1. The monoisotopic (exact) mass is 321 g/mol. The second-order valence-corrected chi connectivity index (χ2v) is 5.83. The van der Waals surface area contributed by atoms with Crippen LogP contribution in [0.15, 0.2) is 12.1 Å². The molecule has 124 valence electrons. The van der Waals surface area contributed by atoms with Gasteiger partial charge in [-0.05, 0) is 18.1 Å². The molecule has 7 nitrogen and oxygen atoms in total. The second-order valence-electron chi connectivity index (χ2n) is 5.83. The number of ether oxygens (including phenoxy) is 3. The van der Waals surface area contributed by atoms with Gasteiger partial charge in [0.05, 0.1) is 13.0 Å². The van der Waals surface area contributed by atoms with Crippen LogP contribution in [0.4, 0.5) is 0 Å². The van der Waals surface area contributed by atoms with E-state index in [1.807, 2.05) is 6.92 Å². The minimum absolute atomic E-state index is 0.0736. The quantitative estimate of drug-likeness (QED) is 0.902. The van der Waals surface area contributed by atoms with Gasteiger partial charge < -0.3 is 24.2 Å². The third-order valence-electron chi connectivity index (χ3n) is 4.29. The summed E-state index contributed by atoms with van der Waals surface area (Å²) in [5.41, 5.74) is 0.407. The molecule has 23 heavy (non-hydrogen) atoms. The molecule has 7 heteroatoms. The molecule has 2 aliphatic rings. The van der Waals surface area contributed by atoms with E-state index in [0.717, 1.165) is 0 Å². The van der Waals surface area contributed by atoms with Gasteiger partial charge in [-0.1, -0.05) is 6.92 Å². The Morgan fingerprint density at radius 1 is 1.26 bits per heavy atom. The molecule has 1 fully saturated rings. The first-order valence-electron chi connectivity index (χ1n) is 7.51. The summed E-state index contributed by atoms with van der Waals surface area (Å²) >= 11 is 0. The van der Waals surface area contributed by atoms with Crippen molar-refractivity contribution in [3.8, 4) is 17.2 Å². The van der Waals surface area contributed by atoms with Crippen molar-refractivity contribution in [2.24, 2.45) is 11.8 Å². The Morgan fingerprint density at radius 3 is 2.65 bits per heavy atom. The van der Waals surface area contributed by atoms with Crippen molar-refractivity contribution in [1.29, 1.82) is 0 Å². The van der Waals surface area contributed by atoms with E-state index in [2.05, 4.69) is 0 Å². The number of rotatable bonds is 3. The molecule has 0 aromatic heterocycles. The van der Waals surface area contributed by atoms with Crippen molar-refractivity contribution >= 4 is 11.9 Å². The molecule has 1 amide bonds. The largest absolute Gasteiger partial charge is 0.493 e. The van der Waals surface area contributed by atoms with Crippen LogP contribution >= 0.6 is 0 Å². The number of carbonyl (C=O) groups is 2. The van der Waals surface area contributed by atoms with Crippen molar-refractivity contribution in [2.75, 3.05) is 33.4 Å². The van der Waals surface area contributed by atoms with E-state index >= 15 is 0 Å². The predicted octanol–water partition coefficient (Wildman–Crippen LogP) is 1.26.